The molecule has 0 saturated carbocycles. The molecule has 38 heavy (non-hydrogen) atoms. The van der Waals surface area contributed by atoms with Crippen LogP contribution in [0.25, 0.3) is 11.2 Å². The van der Waals surface area contributed by atoms with E-state index in [0.717, 1.165) is 0 Å². The molecule has 0 radical (unpaired) electrons. The number of esters is 1. The van der Waals surface area contributed by atoms with E-state index in [0.29, 0.717) is 16.9 Å². The van der Waals surface area contributed by atoms with Gasteiger partial charge in [-0.05, 0) is 44.7 Å². The summed E-state index contributed by atoms with van der Waals surface area (Å²) in [5.74, 6) is 0.0575. The lowest BCUT2D eigenvalue weighted by Gasteiger charge is -2.28. The number of benzene rings is 1. The quantitative estimate of drug-likeness (QED) is 0.177. The van der Waals surface area contributed by atoms with Crippen molar-refractivity contribution < 1.29 is 28.4 Å². The fraction of sp³-hybridized carbons (Fsp3) is 0.455. The summed E-state index contributed by atoms with van der Waals surface area (Å²) in [6.45, 7) is 1.39. The van der Waals surface area contributed by atoms with Gasteiger partial charge in [0.25, 0.3) is 0 Å². The summed E-state index contributed by atoms with van der Waals surface area (Å²) >= 11 is 18.8. The number of fused-ring (bicyclic) bond motifs is 1. The van der Waals surface area contributed by atoms with Crippen LogP contribution in [0, 0.1) is 0 Å². The van der Waals surface area contributed by atoms with Gasteiger partial charge in [0.05, 0.1) is 19.0 Å². The SMILES string of the molecule is CC(C)OC(=O)[C@@H](C)N[P@@](=S)(OC[C@H]1O[C@@H](n2cnc3c(N)ncnc32)C(Cl)(Cl)[C@@H]1O)Oc1ccccc1. The van der Waals surface area contributed by atoms with Gasteiger partial charge in [0, 0.05) is 0 Å². The summed E-state index contributed by atoms with van der Waals surface area (Å²) in [5, 5.41) is 13.9. The summed E-state index contributed by atoms with van der Waals surface area (Å²) in [5.41, 5.74) is 6.52. The minimum absolute atomic E-state index is 0.164. The highest BCUT2D eigenvalue weighted by Gasteiger charge is 2.56. The van der Waals surface area contributed by atoms with Gasteiger partial charge in [0.15, 0.2) is 22.0 Å². The number of anilines is 1. The lowest BCUT2D eigenvalue weighted by molar-refractivity contribution is -0.149. The lowest BCUT2D eigenvalue weighted by Crippen LogP contribution is -2.39. The Kier molecular flexibility index (Phi) is 8.80. The van der Waals surface area contributed by atoms with Crippen molar-refractivity contribution in [3.8, 4) is 5.75 Å². The molecule has 1 aliphatic rings. The number of nitrogens with one attached hydrogen (secondary N) is 1. The first-order valence-corrected chi connectivity index (χ1v) is 14.9. The van der Waals surface area contributed by atoms with Gasteiger partial charge >= 0.3 is 12.6 Å². The van der Waals surface area contributed by atoms with E-state index in [1.807, 2.05) is 6.07 Å². The number of aliphatic hydroxyl groups excluding tert-OH is 1. The van der Waals surface area contributed by atoms with E-state index in [2.05, 4.69) is 20.0 Å². The predicted octanol–water partition coefficient (Wildman–Crippen LogP) is 3.09. The zero-order valence-corrected chi connectivity index (χ0v) is 23.8. The maximum absolute atomic E-state index is 12.4. The van der Waals surface area contributed by atoms with Crippen molar-refractivity contribution in [2.24, 2.45) is 0 Å². The number of rotatable bonds is 10. The van der Waals surface area contributed by atoms with Crippen molar-refractivity contribution in [1.29, 1.82) is 0 Å². The van der Waals surface area contributed by atoms with Gasteiger partial charge in [0.2, 0.25) is 0 Å². The minimum Gasteiger partial charge on any atom is -0.462 e. The average Bonchev–Trinajstić information content (AvgIpc) is 3.37. The number of carbonyl (C=O) groups is 1. The number of aromatic nitrogens is 4. The number of nitrogens with two attached hydrogens (primary N) is 1. The van der Waals surface area contributed by atoms with Crippen molar-refractivity contribution >= 4 is 64.6 Å². The molecule has 1 saturated heterocycles. The van der Waals surface area contributed by atoms with E-state index < -0.39 is 41.4 Å². The van der Waals surface area contributed by atoms with Crippen LogP contribution in [0.1, 0.15) is 27.0 Å². The molecular formula is C22H27Cl2N6O6PS. The molecule has 16 heteroatoms. The van der Waals surface area contributed by atoms with Crippen LogP contribution in [0.15, 0.2) is 43.0 Å². The first-order chi connectivity index (χ1) is 17.9. The molecular weight excluding hydrogens is 578 g/mol. The van der Waals surface area contributed by atoms with Crippen molar-refractivity contribution in [2.75, 3.05) is 12.3 Å². The molecule has 12 nitrogen and oxygen atoms in total. The van der Waals surface area contributed by atoms with Crippen molar-refractivity contribution in [1.82, 2.24) is 24.6 Å². The number of imidazole rings is 1. The molecule has 5 atom stereocenters. The molecule has 0 spiro atoms. The standard InChI is InChI=1S/C22H27Cl2N6O6PS/c1-12(2)34-20(32)13(3)29-37(38,36-14-7-5-4-6-8-14)33-9-15-17(31)22(23,24)21(35-15)30-11-28-16-18(25)26-10-27-19(16)30/h4-8,10-13,15,17,21,31H,9H2,1-3H3,(H,29,38)(H2,25,26,27)/t13-,15-,17-,21-,37-/m1/s1. The van der Waals surface area contributed by atoms with E-state index in [9.17, 15) is 9.90 Å². The Labute approximate surface area is 234 Å². The number of halogens is 2. The number of para-hydroxylation sites is 1. The number of nitrogen functional groups attached to an aromatic ring is 1. The molecule has 3 heterocycles. The van der Waals surface area contributed by atoms with Crippen LogP contribution in [0.4, 0.5) is 5.82 Å². The third kappa shape index (κ3) is 6.21. The van der Waals surface area contributed by atoms with Crippen LogP contribution in [0.3, 0.4) is 0 Å². The fourth-order valence-corrected chi connectivity index (χ4v) is 6.67. The third-order valence-electron chi connectivity index (χ3n) is 5.45. The van der Waals surface area contributed by atoms with Crippen LogP contribution >= 0.6 is 29.8 Å². The molecule has 0 aliphatic carbocycles. The van der Waals surface area contributed by atoms with Gasteiger partial charge < -0.3 is 29.4 Å². The summed E-state index contributed by atoms with van der Waals surface area (Å²) in [6.07, 6.45) is -1.21. The third-order valence-corrected chi connectivity index (χ3v) is 8.77. The predicted molar refractivity (Wildman–Crippen MR) is 145 cm³/mol. The van der Waals surface area contributed by atoms with Crippen molar-refractivity contribution in [2.45, 2.75) is 55.7 Å². The summed E-state index contributed by atoms with van der Waals surface area (Å²) < 4.78 is 22.9. The van der Waals surface area contributed by atoms with Crippen LogP contribution < -0.4 is 15.3 Å². The molecule has 1 aromatic carbocycles. The maximum atomic E-state index is 12.4. The van der Waals surface area contributed by atoms with Gasteiger partial charge in [-0.3, -0.25) is 9.36 Å². The highest BCUT2D eigenvalue weighted by atomic mass is 35.5. The summed E-state index contributed by atoms with van der Waals surface area (Å²) in [6, 6.07) is 7.88. The first kappa shape index (κ1) is 28.9. The number of hydrogen-bond donors (Lipinski definition) is 3. The van der Waals surface area contributed by atoms with Gasteiger partial charge in [-0.15, -0.1) is 0 Å². The van der Waals surface area contributed by atoms with Gasteiger partial charge in [-0.25, -0.2) is 20.0 Å². The van der Waals surface area contributed by atoms with Gasteiger partial charge in [-0.2, -0.15) is 0 Å². The van der Waals surface area contributed by atoms with Gasteiger partial charge in [-0.1, -0.05) is 41.4 Å². The Morgan fingerprint density at radius 2 is 2.00 bits per heavy atom. The zero-order valence-electron chi connectivity index (χ0n) is 20.6. The summed E-state index contributed by atoms with van der Waals surface area (Å²) in [4.78, 5) is 24.7. The molecule has 1 fully saturated rings. The van der Waals surface area contributed by atoms with E-state index in [-0.39, 0.29) is 18.5 Å². The Morgan fingerprint density at radius 3 is 2.68 bits per heavy atom. The molecule has 4 N–H and O–H groups in total. The Balaban J connectivity index is 1.54. The van der Waals surface area contributed by atoms with Crippen LogP contribution in [0.2, 0.25) is 0 Å². The number of alkyl halides is 2. The van der Waals surface area contributed by atoms with E-state index in [1.54, 1.807) is 45.0 Å². The van der Waals surface area contributed by atoms with Crippen molar-refractivity contribution in [3.63, 3.8) is 0 Å². The first-order valence-electron chi connectivity index (χ1n) is 11.5. The molecule has 0 amide bonds. The van der Waals surface area contributed by atoms with Crippen LogP contribution in [-0.4, -0.2) is 65.9 Å². The Hall–Kier alpha value is -2.09. The molecule has 0 unspecified atom stereocenters. The molecule has 1 aliphatic heterocycles. The number of hydrogen-bond acceptors (Lipinski definition) is 11. The van der Waals surface area contributed by atoms with Gasteiger partial charge in [0.1, 0.15) is 35.8 Å². The number of ether oxygens (including phenoxy) is 2. The largest absolute Gasteiger partial charge is 0.462 e. The zero-order chi connectivity index (χ0) is 27.7. The lowest BCUT2D eigenvalue weighted by atomic mass is 10.2. The van der Waals surface area contributed by atoms with E-state index in [1.165, 1.54) is 17.2 Å². The monoisotopic (exact) mass is 604 g/mol. The molecule has 3 aromatic rings. The Morgan fingerprint density at radius 1 is 1.29 bits per heavy atom. The van der Waals surface area contributed by atoms with Crippen LogP contribution in [-0.2, 0) is 30.6 Å². The molecule has 2 aromatic heterocycles. The topological polar surface area (TPSA) is 156 Å². The van der Waals surface area contributed by atoms with E-state index in [4.69, 9.17) is 59.3 Å². The minimum atomic E-state index is -3.39. The average molecular weight is 605 g/mol. The number of nitrogens with zero attached hydrogens (tertiary/aromatic N) is 4. The van der Waals surface area contributed by atoms with Crippen molar-refractivity contribution in [3.05, 3.63) is 43.0 Å². The fourth-order valence-electron chi connectivity index (χ4n) is 3.65. The second-order valence-corrected chi connectivity index (χ2v) is 13.3. The second kappa shape index (κ2) is 11.6. The van der Waals surface area contributed by atoms with Crippen LogP contribution in [0.5, 0.6) is 5.75 Å². The molecule has 206 valence electrons. The Bertz CT molecular complexity index is 1330. The normalized spacial score (nSPS) is 23.3. The molecule has 4 rings (SSSR count). The smallest absolute Gasteiger partial charge is 0.323 e. The summed E-state index contributed by atoms with van der Waals surface area (Å²) in [7, 11) is 0. The highest BCUT2D eigenvalue weighted by molar-refractivity contribution is 8.09. The number of aliphatic hydroxyl groups is 1. The van der Waals surface area contributed by atoms with E-state index >= 15 is 0 Å². The second-order valence-electron chi connectivity index (χ2n) is 8.76. The molecule has 0 bridgehead atoms. The highest BCUT2D eigenvalue weighted by Crippen LogP contribution is 2.50. The maximum Gasteiger partial charge on any atom is 0.323 e. The number of carbonyl (C=O) groups excluding carboxylic acids is 1.